The first-order chi connectivity index (χ1) is 11.0. The Morgan fingerprint density at radius 1 is 1.17 bits per heavy atom. The van der Waals surface area contributed by atoms with E-state index in [1.807, 2.05) is 0 Å². The summed E-state index contributed by atoms with van der Waals surface area (Å²) in [5, 5.41) is 19.1. The molecule has 1 aromatic rings. The van der Waals surface area contributed by atoms with E-state index in [0.717, 1.165) is 19.3 Å². The van der Waals surface area contributed by atoms with E-state index in [0.29, 0.717) is 18.5 Å². The van der Waals surface area contributed by atoms with Crippen LogP contribution in [0.25, 0.3) is 5.76 Å². The van der Waals surface area contributed by atoms with E-state index in [1.165, 1.54) is 0 Å². The highest BCUT2D eigenvalue weighted by Crippen LogP contribution is 2.44. The van der Waals surface area contributed by atoms with Crippen LogP contribution in [0.4, 0.5) is 0 Å². The quantitative estimate of drug-likeness (QED) is 0.831. The molecule has 0 bridgehead atoms. The lowest BCUT2D eigenvalue weighted by molar-refractivity contribution is -0.138. The summed E-state index contributed by atoms with van der Waals surface area (Å²) in [7, 11) is 0. The Morgan fingerprint density at radius 3 is 2.52 bits per heavy atom. The second-order valence-corrected chi connectivity index (χ2v) is 6.23. The molecule has 0 aromatic carbocycles. The van der Waals surface area contributed by atoms with Gasteiger partial charge in [0.2, 0.25) is 0 Å². The van der Waals surface area contributed by atoms with Gasteiger partial charge in [0, 0.05) is 12.6 Å². The van der Waals surface area contributed by atoms with E-state index < -0.39 is 17.3 Å². The monoisotopic (exact) mass is 317 g/mol. The molecule has 0 unspecified atom stereocenters. The second-order valence-electron chi connectivity index (χ2n) is 6.23. The highest BCUT2D eigenvalue weighted by molar-refractivity contribution is 6.27. The predicted octanol–water partition coefficient (Wildman–Crippen LogP) is 2.43. The van der Waals surface area contributed by atoms with Gasteiger partial charge in [0.05, 0.1) is 12.1 Å². The number of aliphatic carboxylic acids is 1. The SMILES string of the molecule is O=C(O)CCC(=O)C1=C(O)c2cccn2C2(CCCCC2)C1=O. The van der Waals surface area contributed by atoms with E-state index in [2.05, 4.69) is 0 Å². The number of Topliss-reactive ketones (excluding diaryl/α,β-unsaturated/α-hetero) is 2. The fraction of sp³-hybridized carbons (Fsp3) is 0.471. The van der Waals surface area contributed by atoms with E-state index in [-0.39, 0.29) is 30.0 Å². The van der Waals surface area contributed by atoms with Gasteiger partial charge in [-0.05, 0) is 25.0 Å². The molecule has 0 amide bonds. The topological polar surface area (TPSA) is 96.6 Å². The molecule has 23 heavy (non-hydrogen) atoms. The number of aliphatic hydroxyl groups is 1. The number of aliphatic hydroxyl groups excluding tert-OH is 1. The van der Waals surface area contributed by atoms with Crippen LogP contribution in [0.3, 0.4) is 0 Å². The molecule has 3 rings (SSSR count). The van der Waals surface area contributed by atoms with Gasteiger partial charge >= 0.3 is 5.97 Å². The number of rotatable bonds is 4. The summed E-state index contributed by atoms with van der Waals surface area (Å²) in [6.45, 7) is 0. The van der Waals surface area contributed by atoms with Crippen molar-refractivity contribution in [2.24, 2.45) is 0 Å². The number of fused-ring (bicyclic) bond motifs is 2. The van der Waals surface area contributed by atoms with Gasteiger partial charge in [-0.2, -0.15) is 0 Å². The smallest absolute Gasteiger partial charge is 0.303 e. The van der Waals surface area contributed by atoms with Gasteiger partial charge in [-0.3, -0.25) is 14.4 Å². The number of aromatic nitrogens is 1. The lowest BCUT2D eigenvalue weighted by Gasteiger charge is -2.41. The number of ketones is 2. The Hall–Kier alpha value is -2.37. The lowest BCUT2D eigenvalue weighted by Crippen LogP contribution is -2.48. The molecule has 2 N–H and O–H groups in total. The van der Waals surface area contributed by atoms with Crippen LogP contribution in [0.5, 0.6) is 0 Å². The Morgan fingerprint density at radius 2 is 1.87 bits per heavy atom. The number of hydrogen-bond acceptors (Lipinski definition) is 4. The maximum Gasteiger partial charge on any atom is 0.303 e. The van der Waals surface area contributed by atoms with Crippen LogP contribution in [0.2, 0.25) is 0 Å². The van der Waals surface area contributed by atoms with Gasteiger partial charge in [-0.15, -0.1) is 0 Å². The number of hydrogen-bond donors (Lipinski definition) is 2. The van der Waals surface area contributed by atoms with Crippen molar-refractivity contribution in [3.05, 3.63) is 29.6 Å². The van der Waals surface area contributed by atoms with E-state index in [9.17, 15) is 19.5 Å². The predicted molar refractivity (Wildman–Crippen MR) is 81.9 cm³/mol. The molecule has 6 heteroatoms. The number of nitrogens with zero attached hydrogens (tertiary/aromatic N) is 1. The van der Waals surface area contributed by atoms with Gasteiger partial charge in [0.1, 0.15) is 11.1 Å². The number of carboxylic acids is 1. The van der Waals surface area contributed by atoms with Gasteiger partial charge in [-0.1, -0.05) is 19.3 Å². The van der Waals surface area contributed by atoms with Crippen LogP contribution in [0, 0.1) is 0 Å². The van der Waals surface area contributed by atoms with Crippen LogP contribution in [-0.4, -0.2) is 32.3 Å². The molecule has 2 aliphatic rings. The normalized spacial score (nSPS) is 19.7. The number of carbonyl (C=O) groups excluding carboxylic acids is 2. The molecule has 1 spiro atoms. The molecule has 122 valence electrons. The zero-order chi connectivity index (χ0) is 16.6. The van der Waals surface area contributed by atoms with Crippen molar-refractivity contribution in [1.82, 2.24) is 4.57 Å². The number of carboxylic acid groups (broad SMARTS) is 1. The van der Waals surface area contributed by atoms with E-state index >= 15 is 0 Å². The Balaban J connectivity index is 2.05. The number of carbonyl (C=O) groups is 3. The maximum atomic E-state index is 13.1. The van der Waals surface area contributed by atoms with E-state index in [1.54, 1.807) is 22.9 Å². The van der Waals surface area contributed by atoms with Crippen LogP contribution in [0.1, 0.15) is 50.6 Å². The first kappa shape index (κ1) is 15.5. The third-order valence-corrected chi connectivity index (χ3v) is 4.86. The van der Waals surface area contributed by atoms with Crippen molar-refractivity contribution in [3.63, 3.8) is 0 Å². The molecule has 0 radical (unpaired) electrons. The highest BCUT2D eigenvalue weighted by Gasteiger charge is 2.49. The van der Waals surface area contributed by atoms with Gasteiger partial charge in [-0.25, -0.2) is 0 Å². The molecule has 1 saturated carbocycles. The van der Waals surface area contributed by atoms with Gasteiger partial charge in [0.25, 0.3) is 0 Å². The summed E-state index contributed by atoms with van der Waals surface area (Å²) in [4.78, 5) is 36.1. The first-order valence-corrected chi connectivity index (χ1v) is 7.88. The lowest BCUT2D eigenvalue weighted by atomic mass is 9.73. The number of allylic oxidation sites excluding steroid dienone is 1. The van der Waals surface area contributed by atoms with Crippen molar-refractivity contribution < 1.29 is 24.6 Å². The van der Waals surface area contributed by atoms with E-state index in [4.69, 9.17) is 5.11 Å². The zero-order valence-electron chi connectivity index (χ0n) is 12.7. The van der Waals surface area contributed by atoms with Crippen molar-refractivity contribution in [2.45, 2.75) is 50.5 Å². The van der Waals surface area contributed by atoms with Gasteiger partial charge in [0.15, 0.2) is 17.3 Å². The minimum atomic E-state index is -1.10. The molecule has 1 fully saturated rings. The fourth-order valence-electron chi connectivity index (χ4n) is 3.73. The summed E-state index contributed by atoms with van der Waals surface area (Å²) in [5.74, 6) is -2.38. The molecule has 2 heterocycles. The van der Waals surface area contributed by atoms with Crippen LogP contribution in [-0.2, 0) is 19.9 Å². The fourth-order valence-corrected chi connectivity index (χ4v) is 3.73. The van der Waals surface area contributed by atoms with Crippen molar-refractivity contribution >= 4 is 23.3 Å². The Kier molecular flexibility index (Phi) is 3.83. The standard InChI is InChI=1S/C17H19NO5/c19-12(6-7-13(20)21)14-15(22)11-5-4-10-18(11)17(16(14)23)8-2-1-3-9-17/h4-5,10,22H,1-3,6-9H2,(H,20,21). The van der Waals surface area contributed by atoms with Crippen molar-refractivity contribution in [3.8, 4) is 0 Å². The molecule has 0 saturated heterocycles. The molecule has 0 atom stereocenters. The largest absolute Gasteiger partial charge is 0.505 e. The molecule has 1 aliphatic heterocycles. The third-order valence-electron chi connectivity index (χ3n) is 4.86. The summed E-state index contributed by atoms with van der Waals surface area (Å²) >= 11 is 0. The van der Waals surface area contributed by atoms with Gasteiger partial charge < -0.3 is 14.8 Å². The van der Waals surface area contributed by atoms with Crippen molar-refractivity contribution in [1.29, 1.82) is 0 Å². The highest BCUT2D eigenvalue weighted by atomic mass is 16.4. The third kappa shape index (κ3) is 2.38. The molecular weight excluding hydrogens is 298 g/mol. The summed E-state index contributed by atoms with van der Waals surface area (Å²) in [5.41, 5.74) is -0.568. The first-order valence-electron chi connectivity index (χ1n) is 7.88. The summed E-state index contributed by atoms with van der Waals surface area (Å²) in [6, 6.07) is 3.43. The van der Waals surface area contributed by atoms with Crippen LogP contribution < -0.4 is 0 Å². The molecule has 6 nitrogen and oxygen atoms in total. The second kappa shape index (κ2) is 5.68. The average molecular weight is 317 g/mol. The van der Waals surface area contributed by atoms with Crippen molar-refractivity contribution in [2.75, 3.05) is 0 Å². The molecular formula is C17H19NO5. The summed E-state index contributed by atoms with van der Waals surface area (Å²) < 4.78 is 1.79. The van der Waals surface area contributed by atoms with Crippen LogP contribution >= 0.6 is 0 Å². The Bertz CT molecular complexity index is 706. The summed E-state index contributed by atoms with van der Waals surface area (Å²) in [6.07, 6.45) is 5.24. The molecule has 1 aromatic heterocycles. The molecule has 1 aliphatic carbocycles. The maximum absolute atomic E-state index is 13.1. The minimum absolute atomic E-state index is 0.223. The minimum Gasteiger partial charge on any atom is -0.505 e. The van der Waals surface area contributed by atoms with Crippen LogP contribution in [0.15, 0.2) is 23.9 Å². The zero-order valence-corrected chi connectivity index (χ0v) is 12.7. The average Bonchev–Trinajstić information content (AvgIpc) is 3.03. The Labute approximate surface area is 133 Å².